The van der Waals surface area contributed by atoms with E-state index >= 15 is 0 Å². The molecule has 1 aromatic carbocycles. The Balaban J connectivity index is 2.08. The molecule has 1 aliphatic rings. The number of nitrogens with zero attached hydrogens (tertiary/aromatic N) is 1. The van der Waals surface area contributed by atoms with Gasteiger partial charge in [0.2, 0.25) is 0 Å². The van der Waals surface area contributed by atoms with Crippen LogP contribution in [0.1, 0.15) is 38.2 Å². The first kappa shape index (κ1) is 14.9. The summed E-state index contributed by atoms with van der Waals surface area (Å²) in [5.74, 6) is 0.908. The van der Waals surface area contributed by atoms with E-state index in [1.165, 1.54) is 41.4 Å². The van der Waals surface area contributed by atoms with Gasteiger partial charge < -0.3 is 10.2 Å². The van der Waals surface area contributed by atoms with Crippen LogP contribution in [0.15, 0.2) is 22.7 Å². The van der Waals surface area contributed by atoms with E-state index in [4.69, 9.17) is 0 Å². The van der Waals surface area contributed by atoms with Gasteiger partial charge in [-0.2, -0.15) is 0 Å². The van der Waals surface area contributed by atoms with Gasteiger partial charge in [0.15, 0.2) is 0 Å². The first-order chi connectivity index (χ1) is 9.11. The Labute approximate surface area is 125 Å². The number of benzene rings is 1. The second-order valence-electron chi connectivity index (χ2n) is 5.84. The van der Waals surface area contributed by atoms with Crippen molar-refractivity contribution in [2.45, 2.75) is 45.2 Å². The molecule has 0 spiro atoms. The molecule has 106 valence electrons. The molecule has 1 fully saturated rings. The highest BCUT2D eigenvalue weighted by atomic mass is 79.9. The lowest BCUT2D eigenvalue weighted by molar-refractivity contribution is 0.340. The second kappa shape index (κ2) is 6.76. The van der Waals surface area contributed by atoms with Crippen LogP contribution in [0.4, 0.5) is 5.69 Å². The van der Waals surface area contributed by atoms with Crippen molar-refractivity contribution in [2.75, 3.05) is 19.0 Å². The summed E-state index contributed by atoms with van der Waals surface area (Å²) in [6.45, 7) is 3.29. The molecule has 0 bridgehead atoms. The van der Waals surface area contributed by atoms with Crippen molar-refractivity contribution in [3.8, 4) is 0 Å². The monoisotopic (exact) mass is 324 g/mol. The van der Waals surface area contributed by atoms with Crippen molar-refractivity contribution in [3.05, 3.63) is 28.2 Å². The van der Waals surface area contributed by atoms with Gasteiger partial charge in [0, 0.05) is 24.1 Å². The molecule has 1 N–H and O–H groups in total. The molecule has 0 atom stereocenters. The van der Waals surface area contributed by atoms with Crippen molar-refractivity contribution in [1.29, 1.82) is 0 Å². The fraction of sp³-hybridized carbons (Fsp3) is 0.625. The lowest BCUT2D eigenvalue weighted by Gasteiger charge is -2.35. The molecule has 1 saturated carbocycles. The van der Waals surface area contributed by atoms with Gasteiger partial charge in [-0.1, -0.05) is 13.0 Å². The van der Waals surface area contributed by atoms with Crippen LogP contribution in [0.2, 0.25) is 0 Å². The molecule has 2 nitrogen and oxygen atoms in total. The largest absolute Gasteiger partial charge is 0.371 e. The minimum absolute atomic E-state index is 0.697. The zero-order valence-corrected chi connectivity index (χ0v) is 13.8. The number of halogens is 1. The smallest absolute Gasteiger partial charge is 0.0510 e. The van der Waals surface area contributed by atoms with Gasteiger partial charge in [0.25, 0.3) is 0 Å². The van der Waals surface area contributed by atoms with Gasteiger partial charge in [-0.05, 0) is 72.3 Å². The van der Waals surface area contributed by atoms with E-state index in [-0.39, 0.29) is 0 Å². The highest BCUT2D eigenvalue weighted by Crippen LogP contribution is 2.33. The zero-order chi connectivity index (χ0) is 13.8. The number of nitrogens with one attached hydrogen (secondary N) is 1. The molecule has 0 saturated heterocycles. The molecule has 1 aromatic rings. The third-order valence-electron chi connectivity index (χ3n) is 4.31. The van der Waals surface area contributed by atoms with Gasteiger partial charge >= 0.3 is 0 Å². The Bertz CT molecular complexity index is 411. The topological polar surface area (TPSA) is 15.3 Å². The molecule has 0 amide bonds. The molecule has 0 radical (unpaired) electrons. The molecular weight excluding hydrogens is 300 g/mol. The Hall–Kier alpha value is -0.540. The predicted molar refractivity (Wildman–Crippen MR) is 86.7 cm³/mol. The van der Waals surface area contributed by atoms with Crippen molar-refractivity contribution in [2.24, 2.45) is 5.92 Å². The first-order valence-electron chi connectivity index (χ1n) is 7.27. The fourth-order valence-electron chi connectivity index (χ4n) is 2.98. The Kier molecular flexibility index (Phi) is 5.28. The molecule has 2 rings (SSSR count). The summed E-state index contributed by atoms with van der Waals surface area (Å²) < 4.78 is 1.21. The van der Waals surface area contributed by atoms with E-state index in [2.05, 4.69) is 58.3 Å². The molecule has 0 aliphatic heterocycles. The molecule has 0 unspecified atom stereocenters. The maximum Gasteiger partial charge on any atom is 0.0510 e. The maximum atomic E-state index is 3.73. The predicted octanol–water partition coefficient (Wildman–Crippen LogP) is 4.18. The van der Waals surface area contributed by atoms with E-state index in [1.54, 1.807) is 0 Å². The summed E-state index contributed by atoms with van der Waals surface area (Å²) in [7, 11) is 4.22. The molecular formula is C16H25BrN2. The summed E-state index contributed by atoms with van der Waals surface area (Å²) in [6, 6.07) is 7.39. The van der Waals surface area contributed by atoms with E-state index in [9.17, 15) is 0 Å². The van der Waals surface area contributed by atoms with Gasteiger partial charge in [-0.15, -0.1) is 0 Å². The van der Waals surface area contributed by atoms with Gasteiger partial charge in [-0.3, -0.25) is 0 Å². The minimum Gasteiger partial charge on any atom is -0.371 e. The number of anilines is 1. The fourth-order valence-corrected chi connectivity index (χ4v) is 3.68. The van der Waals surface area contributed by atoms with E-state index in [0.29, 0.717) is 6.04 Å². The Morgan fingerprint density at radius 1 is 1.26 bits per heavy atom. The summed E-state index contributed by atoms with van der Waals surface area (Å²) in [6.07, 6.45) is 5.37. The lowest BCUT2D eigenvalue weighted by atomic mass is 9.86. The molecule has 19 heavy (non-hydrogen) atoms. The lowest BCUT2D eigenvalue weighted by Crippen LogP contribution is -2.35. The third-order valence-corrected chi connectivity index (χ3v) is 4.94. The van der Waals surface area contributed by atoms with Crippen LogP contribution < -0.4 is 10.2 Å². The molecule has 0 aromatic heterocycles. The van der Waals surface area contributed by atoms with E-state index in [0.717, 1.165) is 12.5 Å². The van der Waals surface area contributed by atoms with Gasteiger partial charge in [0.1, 0.15) is 0 Å². The van der Waals surface area contributed by atoms with Crippen LogP contribution in [0, 0.1) is 5.92 Å². The normalized spacial score (nSPS) is 23.4. The van der Waals surface area contributed by atoms with Crippen LogP contribution >= 0.6 is 15.9 Å². The Morgan fingerprint density at radius 2 is 1.95 bits per heavy atom. The summed E-state index contributed by atoms with van der Waals surface area (Å²) in [5.41, 5.74) is 2.64. The average molecular weight is 325 g/mol. The summed E-state index contributed by atoms with van der Waals surface area (Å²) in [5, 5.41) is 3.19. The quantitative estimate of drug-likeness (QED) is 0.893. The van der Waals surface area contributed by atoms with Crippen LogP contribution in [-0.4, -0.2) is 20.1 Å². The third kappa shape index (κ3) is 3.73. The summed E-state index contributed by atoms with van der Waals surface area (Å²) in [4.78, 5) is 2.46. The van der Waals surface area contributed by atoms with Crippen molar-refractivity contribution in [1.82, 2.24) is 5.32 Å². The standard InChI is InChI=1S/C16H25BrN2/c1-12-4-7-14(8-5-12)19(3)16-9-6-13(11-18-2)10-15(16)17/h6,9-10,12,14,18H,4-5,7-8,11H2,1-3H3. The Morgan fingerprint density at radius 3 is 2.53 bits per heavy atom. The van der Waals surface area contributed by atoms with Crippen LogP contribution in [0.3, 0.4) is 0 Å². The van der Waals surface area contributed by atoms with Crippen LogP contribution in [-0.2, 0) is 6.54 Å². The van der Waals surface area contributed by atoms with Crippen molar-refractivity contribution in [3.63, 3.8) is 0 Å². The number of hydrogen-bond donors (Lipinski definition) is 1. The average Bonchev–Trinajstić information content (AvgIpc) is 2.39. The second-order valence-corrected chi connectivity index (χ2v) is 6.70. The maximum absolute atomic E-state index is 3.73. The van der Waals surface area contributed by atoms with Crippen LogP contribution in [0.5, 0.6) is 0 Å². The number of rotatable bonds is 4. The van der Waals surface area contributed by atoms with Crippen molar-refractivity contribution < 1.29 is 0 Å². The minimum atomic E-state index is 0.697. The van der Waals surface area contributed by atoms with E-state index in [1.807, 2.05) is 7.05 Å². The molecule has 0 heterocycles. The molecule has 1 aliphatic carbocycles. The SMILES string of the molecule is CNCc1ccc(N(C)C2CCC(C)CC2)c(Br)c1. The highest BCUT2D eigenvalue weighted by Gasteiger charge is 2.22. The van der Waals surface area contributed by atoms with Crippen molar-refractivity contribution >= 4 is 21.6 Å². The molecule has 3 heteroatoms. The van der Waals surface area contributed by atoms with Crippen LogP contribution in [0.25, 0.3) is 0 Å². The van der Waals surface area contributed by atoms with E-state index < -0.39 is 0 Å². The van der Waals surface area contributed by atoms with Gasteiger partial charge in [0.05, 0.1) is 5.69 Å². The van der Waals surface area contributed by atoms with Gasteiger partial charge in [-0.25, -0.2) is 0 Å². The highest BCUT2D eigenvalue weighted by molar-refractivity contribution is 9.10. The zero-order valence-electron chi connectivity index (χ0n) is 12.2. The first-order valence-corrected chi connectivity index (χ1v) is 8.07. The number of hydrogen-bond acceptors (Lipinski definition) is 2. The summed E-state index contributed by atoms with van der Waals surface area (Å²) >= 11 is 3.73.